The van der Waals surface area contributed by atoms with E-state index in [1.165, 1.54) is 21.9 Å². The third-order valence-corrected chi connectivity index (χ3v) is 3.90. The van der Waals surface area contributed by atoms with Crippen molar-refractivity contribution in [1.82, 2.24) is 20.0 Å². The highest BCUT2D eigenvalue weighted by Gasteiger charge is 2.33. The van der Waals surface area contributed by atoms with Crippen LogP contribution >= 0.6 is 0 Å². The first-order valence-corrected chi connectivity index (χ1v) is 8.11. The smallest absolute Gasteiger partial charge is 0.312 e. The highest BCUT2D eigenvalue weighted by atomic mass is 19.1. The largest absolute Gasteiger partial charge is 0.353 e. The van der Waals surface area contributed by atoms with Gasteiger partial charge in [0.1, 0.15) is 12.4 Å². The van der Waals surface area contributed by atoms with Crippen LogP contribution in [0.15, 0.2) is 24.3 Å². The van der Waals surface area contributed by atoms with Crippen LogP contribution in [0.4, 0.5) is 4.39 Å². The van der Waals surface area contributed by atoms with E-state index in [9.17, 15) is 18.8 Å². The van der Waals surface area contributed by atoms with Crippen molar-refractivity contribution in [3.8, 4) is 0 Å². The number of piperazine rings is 1. The van der Waals surface area contributed by atoms with Crippen LogP contribution in [0.25, 0.3) is 0 Å². The SMILES string of the molecule is CN(C)CCNC(=O)CN1CCN(Cc2ccc(F)cc2)C(=O)C1=O. The van der Waals surface area contributed by atoms with Crippen LogP contribution in [0, 0.1) is 5.82 Å². The molecule has 1 fully saturated rings. The second kappa shape index (κ2) is 8.57. The number of nitrogens with zero attached hydrogens (tertiary/aromatic N) is 3. The molecule has 0 radical (unpaired) electrons. The summed E-state index contributed by atoms with van der Waals surface area (Å²) in [6.45, 7) is 1.94. The zero-order valence-corrected chi connectivity index (χ0v) is 14.5. The number of rotatable bonds is 7. The minimum absolute atomic E-state index is 0.123. The molecule has 2 rings (SSSR count). The number of carbonyl (C=O) groups is 3. The van der Waals surface area contributed by atoms with E-state index in [0.717, 1.165) is 5.56 Å². The van der Waals surface area contributed by atoms with Crippen molar-refractivity contribution in [3.63, 3.8) is 0 Å². The molecule has 136 valence electrons. The number of amides is 3. The minimum Gasteiger partial charge on any atom is -0.353 e. The molecule has 0 aromatic heterocycles. The number of hydrogen-bond donors (Lipinski definition) is 1. The summed E-state index contributed by atoms with van der Waals surface area (Å²) in [6.07, 6.45) is 0. The molecule has 1 heterocycles. The monoisotopic (exact) mass is 350 g/mol. The Morgan fingerprint density at radius 2 is 1.72 bits per heavy atom. The summed E-state index contributed by atoms with van der Waals surface area (Å²) in [6, 6.07) is 5.79. The van der Waals surface area contributed by atoms with Crippen molar-refractivity contribution in [2.75, 3.05) is 46.8 Å². The summed E-state index contributed by atoms with van der Waals surface area (Å²) in [5.41, 5.74) is 0.748. The van der Waals surface area contributed by atoms with Crippen molar-refractivity contribution >= 4 is 17.7 Å². The third kappa shape index (κ3) is 5.53. The van der Waals surface area contributed by atoms with E-state index >= 15 is 0 Å². The van der Waals surface area contributed by atoms with Crippen LogP contribution in [0.3, 0.4) is 0 Å². The van der Waals surface area contributed by atoms with Gasteiger partial charge in [-0.05, 0) is 31.8 Å². The van der Waals surface area contributed by atoms with Gasteiger partial charge in [0.25, 0.3) is 0 Å². The number of carbonyl (C=O) groups excluding carboxylic acids is 3. The van der Waals surface area contributed by atoms with Gasteiger partial charge < -0.3 is 20.0 Å². The number of likely N-dealkylation sites (N-methyl/N-ethyl adjacent to an activating group) is 1. The number of halogens is 1. The maximum atomic E-state index is 12.9. The molecule has 25 heavy (non-hydrogen) atoms. The molecule has 1 aromatic rings. The Hall–Kier alpha value is -2.48. The molecule has 0 atom stereocenters. The van der Waals surface area contributed by atoms with Gasteiger partial charge >= 0.3 is 11.8 Å². The van der Waals surface area contributed by atoms with E-state index in [1.807, 2.05) is 19.0 Å². The van der Waals surface area contributed by atoms with Crippen LogP contribution in [0.1, 0.15) is 5.56 Å². The predicted molar refractivity (Wildman–Crippen MR) is 90.0 cm³/mol. The Labute approximate surface area is 146 Å². The summed E-state index contributed by atoms with van der Waals surface area (Å²) < 4.78 is 12.9. The highest BCUT2D eigenvalue weighted by Crippen LogP contribution is 2.11. The molecule has 1 aromatic carbocycles. The molecule has 0 spiro atoms. The zero-order chi connectivity index (χ0) is 18.4. The molecule has 1 aliphatic heterocycles. The molecule has 1 saturated heterocycles. The Balaban J connectivity index is 1.85. The number of benzene rings is 1. The Bertz CT molecular complexity index is 633. The van der Waals surface area contributed by atoms with Gasteiger partial charge in [0, 0.05) is 32.7 Å². The van der Waals surface area contributed by atoms with Crippen molar-refractivity contribution < 1.29 is 18.8 Å². The average Bonchev–Trinajstić information content (AvgIpc) is 2.56. The van der Waals surface area contributed by atoms with E-state index in [-0.39, 0.29) is 24.8 Å². The fourth-order valence-electron chi connectivity index (χ4n) is 2.48. The fourth-order valence-corrected chi connectivity index (χ4v) is 2.48. The lowest BCUT2D eigenvalue weighted by molar-refractivity contribution is -0.157. The lowest BCUT2D eigenvalue weighted by Gasteiger charge is -2.33. The molecule has 0 aliphatic carbocycles. The number of nitrogens with one attached hydrogen (secondary N) is 1. The Kier molecular flexibility index (Phi) is 6.46. The summed E-state index contributed by atoms with van der Waals surface area (Å²) in [7, 11) is 3.80. The van der Waals surface area contributed by atoms with E-state index < -0.39 is 11.8 Å². The van der Waals surface area contributed by atoms with Crippen LogP contribution < -0.4 is 5.32 Å². The Morgan fingerprint density at radius 1 is 1.12 bits per heavy atom. The van der Waals surface area contributed by atoms with Crippen LogP contribution in [-0.2, 0) is 20.9 Å². The highest BCUT2D eigenvalue weighted by molar-refractivity contribution is 6.35. The molecule has 7 nitrogen and oxygen atoms in total. The topological polar surface area (TPSA) is 73.0 Å². The van der Waals surface area contributed by atoms with Gasteiger partial charge in [-0.1, -0.05) is 12.1 Å². The predicted octanol–water partition coefficient (Wildman–Crippen LogP) is -0.326. The Morgan fingerprint density at radius 3 is 2.36 bits per heavy atom. The quantitative estimate of drug-likeness (QED) is 0.684. The van der Waals surface area contributed by atoms with Crippen molar-refractivity contribution in [1.29, 1.82) is 0 Å². The molecule has 0 unspecified atom stereocenters. The summed E-state index contributed by atoms with van der Waals surface area (Å²) in [5, 5.41) is 2.72. The van der Waals surface area contributed by atoms with E-state index in [1.54, 1.807) is 12.1 Å². The van der Waals surface area contributed by atoms with Gasteiger partial charge in [-0.2, -0.15) is 0 Å². The molecule has 0 bridgehead atoms. The van der Waals surface area contributed by atoms with Gasteiger partial charge in [0.2, 0.25) is 5.91 Å². The average molecular weight is 350 g/mol. The maximum Gasteiger partial charge on any atom is 0.312 e. The zero-order valence-electron chi connectivity index (χ0n) is 14.5. The van der Waals surface area contributed by atoms with Crippen LogP contribution in [-0.4, -0.2) is 79.2 Å². The van der Waals surface area contributed by atoms with E-state index in [2.05, 4.69) is 5.32 Å². The lowest BCUT2D eigenvalue weighted by atomic mass is 10.2. The third-order valence-electron chi connectivity index (χ3n) is 3.90. The van der Waals surface area contributed by atoms with Gasteiger partial charge in [0.05, 0.1) is 0 Å². The molecule has 3 amide bonds. The van der Waals surface area contributed by atoms with Crippen molar-refractivity contribution in [3.05, 3.63) is 35.6 Å². The van der Waals surface area contributed by atoms with Crippen LogP contribution in [0.5, 0.6) is 0 Å². The molecular formula is C17H23FN4O3. The normalized spacial score (nSPS) is 15.0. The second-order valence-corrected chi connectivity index (χ2v) is 6.23. The summed E-state index contributed by atoms with van der Waals surface area (Å²) >= 11 is 0. The van der Waals surface area contributed by atoms with Crippen molar-refractivity contribution in [2.45, 2.75) is 6.54 Å². The lowest BCUT2D eigenvalue weighted by Crippen LogP contribution is -2.56. The molecule has 0 saturated carbocycles. The maximum absolute atomic E-state index is 12.9. The van der Waals surface area contributed by atoms with Gasteiger partial charge in [0.15, 0.2) is 0 Å². The summed E-state index contributed by atoms with van der Waals surface area (Å²) in [5.74, 6) is -1.96. The van der Waals surface area contributed by atoms with Gasteiger partial charge in [-0.25, -0.2) is 4.39 Å². The first kappa shape index (κ1) is 18.9. The van der Waals surface area contributed by atoms with Crippen LogP contribution in [0.2, 0.25) is 0 Å². The van der Waals surface area contributed by atoms with E-state index in [4.69, 9.17) is 0 Å². The molecular weight excluding hydrogens is 327 g/mol. The summed E-state index contributed by atoms with van der Waals surface area (Å²) in [4.78, 5) is 40.9. The standard InChI is InChI=1S/C17H23FN4O3/c1-20(2)8-7-19-15(23)12-22-10-9-21(16(24)17(22)25)11-13-3-5-14(18)6-4-13/h3-6H,7-12H2,1-2H3,(H,19,23). The molecule has 1 N–H and O–H groups in total. The first-order valence-electron chi connectivity index (χ1n) is 8.11. The fraction of sp³-hybridized carbons (Fsp3) is 0.471. The van der Waals surface area contributed by atoms with Gasteiger partial charge in [-0.3, -0.25) is 14.4 Å². The first-order chi connectivity index (χ1) is 11.9. The second-order valence-electron chi connectivity index (χ2n) is 6.23. The van der Waals surface area contributed by atoms with E-state index in [0.29, 0.717) is 26.2 Å². The molecule has 1 aliphatic rings. The number of hydrogen-bond acceptors (Lipinski definition) is 4. The molecule has 8 heteroatoms. The van der Waals surface area contributed by atoms with Gasteiger partial charge in [-0.15, -0.1) is 0 Å². The minimum atomic E-state index is -0.684. The van der Waals surface area contributed by atoms with Crippen molar-refractivity contribution in [2.24, 2.45) is 0 Å².